The Bertz CT molecular complexity index is 695. The fourth-order valence-electron chi connectivity index (χ4n) is 1.84. The van der Waals surface area contributed by atoms with Gasteiger partial charge >= 0.3 is 0 Å². The summed E-state index contributed by atoms with van der Waals surface area (Å²) in [5, 5.41) is 10.6. The van der Waals surface area contributed by atoms with Crippen molar-refractivity contribution in [2.24, 2.45) is 0 Å². The number of benzene rings is 1. The van der Waals surface area contributed by atoms with Crippen molar-refractivity contribution in [2.75, 3.05) is 0 Å². The number of rotatable bonds is 4. The zero-order valence-corrected chi connectivity index (χ0v) is 12.3. The second-order valence-electron chi connectivity index (χ2n) is 4.28. The molecule has 0 fully saturated rings. The first-order valence-electron chi connectivity index (χ1n) is 5.94. The first-order valence-corrected chi connectivity index (χ1v) is 6.73. The third kappa shape index (κ3) is 3.11. The lowest BCUT2D eigenvalue weighted by molar-refractivity contribution is -0.384. The van der Waals surface area contributed by atoms with Gasteiger partial charge in [0.1, 0.15) is 10.3 Å². The monoisotopic (exact) mass is 337 g/mol. The first-order chi connectivity index (χ1) is 9.49. The summed E-state index contributed by atoms with van der Waals surface area (Å²) in [7, 11) is 0. The number of hydrogen-bond acceptors (Lipinski definition) is 4. The van der Waals surface area contributed by atoms with Crippen LogP contribution >= 0.6 is 15.9 Å². The van der Waals surface area contributed by atoms with Gasteiger partial charge in [-0.1, -0.05) is 12.1 Å². The molecular weight excluding hydrogens is 326 g/mol. The van der Waals surface area contributed by atoms with Crippen LogP contribution in [-0.2, 0) is 13.0 Å². The molecule has 0 N–H and O–H groups in total. The molecule has 0 saturated carbocycles. The molecule has 1 heterocycles. The van der Waals surface area contributed by atoms with Gasteiger partial charge in [0.2, 0.25) is 0 Å². The Morgan fingerprint density at radius 1 is 1.35 bits per heavy atom. The summed E-state index contributed by atoms with van der Waals surface area (Å²) in [6.45, 7) is 2.25. The average molecular weight is 338 g/mol. The van der Waals surface area contributed by atoms with Gasteiger partial charge < -0.3 is 0 Å². The third-order valence-electron chi connectivity index (χ3n) is 2.98. The van der Waals surface area contributed by atoms with Gasteiger partial charge in [-0.05, 0) is 34.8 Å². The molecule has 0 spiro atoms. The largest absolute Gasteiger partial charge is 0.296 e. The summed E-state index contributed by atoms with van der Waals surface area (Å²) in [6, 6.07) is 6.32. The molecule has 1 aromatic carbocycles. The molecular formula is C13H12BrN3O3. The summed E-state index contributed by atoms with van der Waals surface area (Å²) in [4.78, 5) is 26.2. The minimum Gasteiger partial charge on any atom is -0.296 e. The van der Waals surface area contributed by atoms with E-state index in [0.717, 1.165) is 5.56 Å². The molecule has 2 aromatic rings. The van der Waals surface area contributed by atoms with E-state index in [1.807, 2.05) is 0 Å². The van der Waals surface area contributed by atoms with Crippen molar-refractivity contribution in [3.8, 4) is 0 Å². The molecule has 0 atom stereocenters. The summed E-state index contributed by atoms with van der Waals surface area (Å²) < 4.78 is 2.00. The van der Waals surface area contributed by atoms with Crippen LogP contribution in [-0.4, -0.2) is 14.5 Å². The van der Waals surface area contributed by atoms with E-state index >= 15 is 0 Å². The van der Waals surface area contributed by atoms with E-state index in [4.69, 9.17) is 0 Å². The van der Waals surface area contributed by atoms with E-state index in [1.165, 1.54) is 18.3 Å². The van der Waals surface area contributed by atoms with Crippen molar-refractivity contribution in [3.63, 3.8) is 0 Å². The standard InChI is InChI=1S/C13H12BrN3O3/c1-9-15-8-12(14)13(18)16(9)7-6-10-2-4-11(5-3-10)17(19)20/h2-5,8H,6-7H2,1H3. The van der Waals surface area contributed by atoms with Crippen molar-refractivity contribution in [1.82, 2.24) is 9.55 Å². The zero-order chi connectivity index (χ0) is 14.7. The van der Waals surface area contributed by atoms with E-state index in [-0.39, 0.29) is 11.2 Å². The second-order valence-corrected chi connectivity index (χ2v) is 5.14. The molecule has 20 heavy (non-hydrogen) atoms. The summed E-state index contributed by atoms with van der Waals surface area (Å²) >= 11 is 3.16. The van der Waals surface area contributed by atoms with E-state index in [9.17, 15) is 14.9 Å². The Morgan fingerprint density at radius 3 is 2.60 bits per heavy atom. The average Bonchev–Trinajstić information content (AvgIpc) is 2.43. The van der Waals surface area contributed by atoms with Crippen LogP contribution in [0, 0.1) is 17.0 Å². The molecule has 7 heteroatoms. The molecule has 1 aromatic heterocycles. The predicted molar refractivity (Wildman–Crippen MR) is 77.7 cm³/mol. The zero-order valence-electron chi connectivity index (χ0n) is 10.7. The van der Waals surface area contributed by atoms with Crippen LogP contribution in [0.15, 0.2) is 39.7 Å². The minimum absolute atomic E-state index is 0.0613. The predicted octanol–water partition coefficient (Wildman–Crippen LogP) is 2.47. The molecule has 0 aliphatic carbocycles. The number of halogens is 1. The fourth-order valence-corrected chi connectivity index (χ4v) is 2.16. The third-order valence-corrected chi connectivity index (χ3v) is 3.52. The first kappa shape index (κ1) is 14.4. The second kappa shape index (κ2) is 5.96. The topological polar surface area (TPSA) is 78.0 Å². The Kier molecular flexibility index (Phi) is 4.29. The highest BCUT2D eigenvalue weighted by Crippen LogP contribution is 2.13. The Balaban J connectivity index is 2.15. The lowest BCUT2D eigenvalue weighted by atomic mass is 10.1. The molecule has 0 amide bonds. The number of non-ortho nitro benzene ring substituents is 1. The van der Waals surface area contributed by atoms with Crippen molar-refractivity contribution < 1.29 is 4.92 Å². The van der Waals surface area contributed by atoms with Crippen LogP contribution < -0.4 is 5.56 Å². The van der Waals surface area contributed by atoms with E-state index < -0.39 is 4.92 Å². The maximum Gasteiger partial charge on any atom is 0.269 e. The van der Waals surface area contributed by atoms with Crippen molar-refractivity contribution >= 4 is 21.6 Å². The van der Waals surface area contributed by atoms with Gasteiger partial charge in [-0.3, -0.25) is 19.5 Å². The number of nitro groups is 1. The molecule has 6 nitrogen and oxygen atoms in total. The highest BCUT2D eigenvalue weighted by atomic mass is 79.9. The van der Waals surface area contributed by atoms with Crippen LogP contribution in [0.2, 0.25) is 0 Å². The molecule has 0 aliphatic rings. The van der Waals surface area contributed by atoms with Crippen molar-refractivity contribution in [3.05, 3.63) is 66.8 Å². The number of aryl methyl sites for hydroxylation is 2. The van der Waals surface area contributed by atoms with Gasteiger partial charge in [-0.2, -0.15) is 0 Å². The van der Waals surface area contributed by atoms with Gasteiger partial charge in [0.15, 0.2) is 0 Å². The van der Waals surface area contributed by atoms with E-state index in [2.05, 4.69) is 20.9 Å². The molecule has 0 bridgehead atoms. The molecule has 0 radical (unpaired) electrons. The molecule has 0 unspecified atom stereocenters. The van der Waals surface area contributed by atoms with Gasteiger partial charge in [-0.25, -0.2) is 4.98 Å². The summed E-state index contributed by atoms with van der Waals surface area (Å²) in [5.74, 6) is 0.639. The SMILES string of the molecule is Cc1ncc(Br)c(=O)n1CCc1ccc([N+](=O)[O-])cc1. The van der Waals surface area contributed by atoms with Gasteiger partial charge in [0.05, 0.1) is 4.92 Å². The summed E-state index contributed by atoms with van der Waals surface area (Å²) in [6.07, 6.45) is 2.09. The van der Waals surface area contributed by atoms with Crippen LogP contribution in [0.25, 0.3) is 0 Å². The van der Waals surface area contributed by atoms with Crippen LogP contribution in [0.3, 0.4) is 0 Å². The van der Waals surface area contributed by atoms with Crippen molar-refractivity contribution in [1.29, 1.82) is 0 Å². The Labute approximate surface area is 123 Å². The van der Waals surface area contributed by atoms with E-state index in [0.29, 0.717) is 23.3 Å². The molecule has 2 rings (SSSR count). The van der Waals surface area contributed by atoms with E-state index in [1.54, 1.807) is 23.6 Å². The Hall–Kier alpha value is -2.02. The lowest BCUT2D eigenvalue weighted by Crippen LogP contribution is -2.24. The fraction of sp³-hybridized carbons (Fsp3) is 0.231. The normalized spacial score (nSPS) is 10.5. The summed E-state index contributed by atoms with van der Waals surface area (Å²) in [5.41, 5.74) is 0.868. The quantitative estimate of drug-likeness (QED) is 0.634. The van der Waals surface area contributed by atoms with Gasteiger partial charge in [-0.15, -0.1) is 0 Å². The Morgan fingerprint density at radius 2 is 2.00 bits per heavy atom. The highest BCUT2D eigenvalue weighted by Gasteiger charge is 2.07. The van der Waals surface area contributed by atoms with Gasteiger partial charge in [0, 0.05) is 24.9 Å². The van der Waals surface area contributed by atoms with Crippen LogP contribution in [0.1, 0.15) is 11.4 Å². The molecule has 104 valence electrons. The molecule has 0 aliphatic heterocycles. The minimum atomic E-state index is -0.434. The number of hydrogen-bond donors (Lipinski definition) is 0. The number of aromatic nitrogens is 2. The lowest BCUT2D eigenvalue weighted by Gasteiger charge is -2.09. The number of nitro benzene ring substituents is 1. The maximum atomic E-state index is 11.9. The maximum absolute atomic E-state index is 11.9. The highest BCUT2D eigenvalue weighted by molar-refractivity contribution is 9.10. The van der Waals surface area contributed by atoms with Gasteiger partial charge in [0.25, 0.3) is 11.2 Å². The van der Waals surface area contributed by atoms with Crippen LogP contribution in [0.4, 0.5) is 5.69 Å². The van der Waals surface area contributed by atoms with Crippen LogP contribution in [0.5, 0.6) is 0 Å². The van der Waals surface area contributed by atoms with Crippen molar-refractivity contribution in [2.45, 2.75) is 19.9 Å². The smallest absolute Gasteiger partial charge is 0.269 e. The number of nitrogens with zero attached hydrogens (tertiary/aromatic N) is 3. The molecule has 0 saturated heterocycles.